The minimum absolute atomic E-state index is 0.962. The second-order valence-electron chi connectivity index (χ2n) is 26.4. The molecule has 0 unspecified atom stereocenters. The summed E-state index contributed by atoms with van der Waals surface area (Å²) in [5, 5.41) is 16.4. The molecule has 0 N–H and O–H groups in total. The third kappa shape index (κ3) is 7.87. The third-order valence-electron chi connectivity index (χ3n) is 21.3. The normalized spacial score (nSPS) is 12.2. The number of benzene rings is 16. The lowest BCUT2D eigenvalue weighted by Gasteiger charge is -2.31. The summed E-state index contributed by atoms with van der Waals surface area (Å²) in [6, 6.07) is 127. The molecule has 6 nitrogen and oxygen atoms in total. The molecule has 466 valence electrons. The Morgan fingerprint density at radius 2 is 0.450 bits per heavy atom. The van der Waals surface area contributed by atoms with Crippen LogP contribution in [0, 0.1) is 0 Å². The number of aliphatic imine (C=N–C) groups is 1. The maximum Gasteiger partial charge on any atom is 0.0648 e. The molecule has 16 aromatic carbocycles. The Balaban J connectivity index is 1.10. The highest BCUT2D eigenvalue weighted by Crippen LogP contribution is 2.56. The predicted octanol–water partition coefficient (Wildman–Crippen LogP) is 24.5. The van der Waals surface area contributed by atoms with Crippen LogP contribution in [0.25, 0.3) is 192 Å². The van der Waals surface area contributed by atoms with Crippen molar-refractivity contribution in [1.82, 2.24) is 22.8 Å². The number of aromatic nitrogens is 5. The van der Waals surface area contributed by atoms with Gasteiger partial charge in [0, 0.05) is 117 Å². The van der Waals surface area contributed by atoms with Gasteiger partial charge in [0.05, 0.1) is 83.6 Å². The molecule has 0 spiro atoms. The zero-order chi connectivity index (χ0) is 65.7. The van der Waals surface area contributed by atoms with Gasteiger partial charge in [-0.15, -0.1) is 0 Å². The van der Waals surface area contributed by atoms with Gasteiger partial charge in [0.25, 0.3) is 0 Å². The summed E-state index contributed by atoms with van der Waals surface area (Å²) in [6.45, 7) is 0. The van der Waals surface area contributed by atoms with Crippen LogP contribution in [0.1, 0.15) is 5.56 Å². The van der Waals surface area contributed by atoms with Crippen molar-refractivity contribution >= 4 is 137 Å². The van der Waals surface area contributed by atoms with E-state index in [4.69, 9.17) is 4.99 Å². The summed E-state index contributed by atoms with van der Waals surface area (Å²) in [4.78, 5) is 5.42. The fraction of sp³-hybridized carbons (Fsp3) is 0.0106. The third-order valence-corrected chi connectivity index (χ3v) is 21.3. The molecule has 0 fully saturated rings. The molecular formula is C94H60N6. The Morgan fingerprint density at radius 3 is 0.760 bits per heavy atom. The number of nitrogens with zero attached hydrogens (tertiary/aromatic N) is 6. The van der Waals surface area contributed by atoms with Crippen LogP contribution in [0.3, 0.4) is 0 Å². The lowest BCUT2D eigenvalue weighted by Crippen LogP contribution is -2.14. The SMILES string of the molecule is CN=Cc1c(-c2ccccc2-n2c3ccccc3c3ccccc32)c(-n2c3ccccc3c3ccc4ccccc4c32)c(-c2ccccc2-n2c3ccccc3c3ccccc32)c(-n2c3ccccc3c3ccc4ccccc4c32)c1-c1ccccc1-n1c2ccccc2c2ccccc21. The first-order valence-electron chi connectivity index (χ1n) is 34.4. The van der Waals surface area contributed by atoms with Crippen LogP contribution in [-0.2, 0) is 0 Å². The Labute approximate surface area is 575 Å². The van der Waals surface area contributed by atoms with Gasteiger partial charge in [0.1, 0.15) is 0 Å². The second kappa shape index (κ2) is 21.9. The van der Waals surface area contributed by atoms with Gasteiger partial charge in [0.15, 0.2) is 0 Å². The van der Waals surface area contributed by atoms with Crippen molar-refractivity contribution in [2.45, 2.75) is 0 Å². The van der Waals surface area contributed by atoms with Crippen LogP contribution in [0.2, 0.25) is 0 Å². The highest BCUT2D eigenvalue weighted by Gasteiger charge is 2.36. The number of fused-ring (bicyclic) bond motifs is 19. The van der Waals surface area contributed by atoms with Crippen LogP contribution >= 0.6 is 0 Å². The summed E-state index contributed by atoms with van der Waals surface area (Å²) in [7, 11) is 1.96. The van der Waals surface area contributed by atoms with Gasteiger partial charge in [-0.3, -0.25) is 4.99 Å². The Bertz CT molecular complexity index is 6560. The molecule has 0 saturated heterocycles. The molecule has 0 aliphatic carbocycles. The molecule has 0 radical (unpaired) electrons. The Hall–Kier alpha value is -13.3. The summed E-state index contributed by atoms with van der Waals surface area (Å²) in [5.74, 6) is 0. The van der Waals surface area contributed by atoms with Crippen molar-refractivity contribution in [3.8, 4) is 61.8 Å². The van der Waals surface area contributed by atoms with Crippen molar-refractivity contribution in [2.75, 3.05) is 7.05 Å². The lowest BCUT2D eigenvalue weighted by molar-refractivity contribution is 1.12. The minimum Gasteiger partial charge on any atom is -0.309 e. The summed E-state index contributed by atoms with van der Waals surface area (Å²) >= 11 is 0. The van der Waals surface area contributed by atoms with Crippen LogP contribution in [-0.4, -0.2) is 36.1 Å². The zero-order valence-electron chi connectivity index (χ0n) is 54.6. The molecule has 0 atom stereocenters. The van der Waals surface area contributed by atoms with Gasteiger partial charge >= 0.3 is 0 Å². The van der Waals surface area contributed by atoms with Gasteiger partial charge in [-0.05, 0) is 77.5 Å². The van der Waals surface area contributed by atoms with Crippen molar-refractivity contribution in [2.24, 2.45) is 4.99 Å². The monoisotopic (exact) mass is 1270 g/mol. The van der Waals surface area contributed by atoms with E-state index < -0.39 is 0 Å². The van der Waals surface area contributed by atoms with E-state index >= 15 is 0 Å². The molecule has 6 heteroatoms. The molecule has 0 saturated carbocycles. The number of para-hydroxylation sites is 11. The Kier molecular flexibility index (Phi) is 12.2. The van der Waals surface area contributed by atoms with E-state index in [2.05, 4.69) is 369 Å². The van der Waals surface area contributed by atoms with Gasteiger partial charge in [-0.25, -0.2) is 0 Å². The lowest BCUT2D eigenvalue weighted by atomic mass is 9.82. The van der Waals surface area contributed by atoms with E-state index in [1.165, 1.54) is 32.3 Å². The average molecular weight is 1270 g/mol. The van der Waals surface area contributed by atoms with Crippen LogP contribution < -0.4 is 0 Å². The molecule has 0 aliphatic heterocycles. The fourth-order valence-electron chi connectivity index (χ4n) is 17.4. The predicted molar refractivity (Wildman–Crippen MR) is 423 cm³/mol. The van der Waals surface area contributed by atoms with Crippen molar-refractivity contribution in [3.05, 3.63) is 345 Å². The Morgan fingerprint density at radius 1 is 0.210 bits per heavy atom. The molecule has 0 amide bonds. The van der Waals surface area contributed by atoms with Gasteiger partial charge in [-0.1, -0.05) is 273 Å². The average Bonchev–Trinajstić information content (AvgIpc) is 1.36. The fourth-order valence-corrected chi connectivity index (χ4v) is 17.4. The summed E-state index contributed by atoms with van der Waals surface area (Å²) < 4.78 is 12.9. The first kappa shape index (κ1) is 55.9. The zero-order valence-corrected chi connectivity index (χ0v) is 54.6. The largest absolute Gasteiger partial charge is 0.309 e. The molecule has 21 rings (SSSR count). The first-order chi connectivity index (χ1) is 49.7. The van der Waals surface area contributed by atoms with E-state index in [0.717, 1.165) is 166 Å². The molecule has 5 aromatic heterocycles. The maximum absolute atomic E-state index is 5.42. The topological polar surface area (TPSA) is 37.0 Å². The van der Waals surface area contributed by atoms with Crippen LogP contribution in [0.15, 0.2) is 345 Å². The minimum atomic E-state index is 0.962. The molecule has 0 bridgehead atoms. The summed E-state index contributed by atoms with van der Waals surface area (Å²) in [5.41, 5.74) is 23.4. The number of hydrogen-bond donors (Lipinski definition) is 0. The van der Waals surface area contributed by atoms with Crippen LogP contribution in [0.4, 0.5) is 0 Å². The second-order valence-corrected chi connectivity index (χ2v) is 26.4. The van der Waals surface area contributed by atoms with Crippen molar-refractivity contribution in [1.29, 1.82) is 0 Å². The van der Waals surface area contributed by atoms with E-state index in [1.807, 2.05) is 7.05 Å². The summed E-state index contributed by atoms with van der Waals surface area (Å²) in [6.07, 6.45) is 2.20. The van der Waals surface area contributed by atoms with E-state index in [9.17, 15) is 0 Å². The highest BCUT2D eigenvalue weighted by atomic mass is 15.1. The van der Waals surface area contributed by atoms with Gasteiger partial charge in [0.2, 0.25) is 0 Å². The van der Waals surface area contributed by atoms with Crippen molar-refractivity contribution in [3.63, 3.8) is 0 Å². The number of rotatable bonds is 9. The first-order valence-corrected chi connectivity index (χ1v) is 34.4. The number of hydrogen-bond acceptors (Lipinski definition) is 1. The van der Waals surface area contributed by atoms with Crippen molar-refractivity contribution < 1.29 is 0 Å². The molecule has 0 aliphatic rings. The quantitative estimate of drug-likeness (QED) is 0.129. The molecular weight excluding hydrogens is 1210 g/mol. The van der Waals surface area contributed by atoms with E-state index in [0.29, 0.717) is 0 Å². The van der Waals surface area contributed by atoms with E-state index in [1.54, 1.807) is 0 Å². The van der Waals surface area contributed by atoms with Crippen LogP contribution in [0.5, 0.6) is 0 Å². The maximum atomic E-state index is 5.42. The molecule has 21 aromatic rings. The smallest absolute Gasteiger partial charge is 0.0648 e. The molecule has 5 heterocycles. The van der Waals surface area contributed by atoms with Gasteiger partial charge < -0.3 is 22.8 Å². The highest BCUT2D eigenvalue weighted by molar-refractivity contribution is 6.25. The molecule has 100 heavy (non-hydrogen) atoms. The van der Waals surface area contributed by atoms with E-state index in [-0.39, 0.29) is 0 Å². The van der Waals surface area contributed by atoms with Gasteiger partial charge in [-0.2, -0.15) is 0 Å². The standard InChI is InChI=1S/C94H60N6/c1-95-58-76-88(73-40-14-25-51-85(73)96-77-43-17-6-32-63(77)64-33-7-18-44-78(64)96)93(99-83-49-23-12-38-69(83)71-56-54-59-28-2-4-30-61(59)91(71)99)90(75-42-16-27-53-87(75)98-81-47-21-10-36-67(81)68-37-11-22-48-82(68)98)94(100-84-50-24-13-39-70(84)72-57-55-60-29-3-5-31-62(60)92(72)100)89(76)74-41-15-26-52-86(74)97-79-45-19-8-34-65(79)66-35-9-20-46-80(66)97/h2-58H,1H3.